The van der Waals surface area contributed by atoms with E-state index in [2.05, 4.69) is 10.6 Å². The molecule has 2 aliphatic heterocycles. The molecule has 2 aliphatic rings. The summed E-state index contributed by atoms with van der Waals surface area (Å²) < 4.78 is 44.5. The van der Waals surface area contributed by atoms with E-state index in [-0.39, 0.29) is 6.04 Å². The van der Waals surface area contributed by atoms with Crippen LogP contribution in [0.3, 0.4) is 0 Å². The normalized spacial score (nSPS) is 27.2. The number of nitrogens with one attached hydrogen (secondary N) is 2. The standard InChI is InChI=1S/C11H13F3N2OS/c12-11(13,14)9-7(1-4-18-9)8-10(5-15-6-10)17-3-2-16-8/h1,4,8,15-16H,2-3,5-6H2. The molecule has 18 heavy (non-hydrogen) atoms. The Kier molecular flexibility index (Phi) is 2.89. The van der Waals surface area contributed by atoms with Crippen molar-refractivity contribution < 1.29 is 17.9 Å². The summed E-state index contributed by atoms with van der Waals surface area (Å²) in [5.41, 5.74) is -0.201. The molecule has 0 bridgehead atoms. The van der Waals surface area contributed by atoms with Gasteiger partial charge < -0.3 is 15.4 Å². The number of ether oxygens (including phenoxy) is 1. The van der Waals surface area contributed by atoms with Crippen LogP contribution in [-0.2, 0) is 10.9 Å². The predicted molar refractivity (Wildman–Crippen MR) is 61.6 cm³/mol. The Bertz CT molecular complexity index is 442. The molecule has 1 atom stereocenters. The summed E-state index contributed by atoms with van der Waals surface area (Å²) >= 11 is 0.744. The molecular formula is C11H13F3N2OS. The minimum atomic E-state index is -4.29. The lowest BCUT2D eigenvalue weighted by Gasteiger charge is -2.50. The van der Waals surface area contributed by atoms with Crippen molar-refractivity contribution in [3.05, 3.63) is 21.9 Å². The number of hydrogen-bond acceptors (Lipinski definition) is 4. The molecule has 2 saturated heterocycles. The van der Waals surface area contributed by atoms with Crippen molar-refractivity contribution in [2.24, 2.45) is 0 Å². The van der Waals surface area contributed by atoms with Crippen LogP contribution in [0.4, 0.5) is 13.2 Å². The second kappa shape index (κ2) is 4.19. The molecular weight excluding hydrogens is 265 g/mol. The van der Waals surface area contributed by atoms with Gasteiger partial charge in [0, 0.05) is 19.6 Å². The molecule has 1 spiro atoms. The zero-order valence-electron chi connectivity index (χ0n) is 9.51. The van der Waals surface area contributed by atoms with Crippen LogP contribution in [0, 0.1) is 0 Å². The Hall–Kier alpha value is -0.630. The van der Waals surface area contributed by atoms with Gasteiger partial charge in [-0.1, -0.05) is 0 Å². The van der Waals surface area contributed by atoms with Gasteiger partial charge in [-0.3, -0.25) is 0 Å². The van der Waals surface area contributed by atoms with Crippen molar-refractivity contribution >= 4 is 11.3 Å². The first-order valence-corrected chi connectivity index (χ1v) is 6.64. The van der Waals surface area contributed by atoms with Crippen LogP contribution in [0.15, 0.2) is 11.4 Å². The minimum absolute atomic E-state index is 0.314. The minimum Gasteiger partial charge on any atom is -0.369 e. The molecule has 1 aromatic rings. The molecule has 3 heterocycles. The first kappa shape index (κ1) is 12.4. The monoisotopic (exact) mass is 278 g/mol. The fourth-order valence-electron chi connectivity index (χ4n) is 2.57. The Morgan fingerprint density at radius 3 is 2.78 bits per heavy atom. The average molecular weight is 278 g/mol. The molecule has 0 aromatic carbocycles. The third-order valence-electron chi connectivity index (χ3n) is 3.48. The average Bonchev–Trinajstić information content (AvgIpc) is 2.75. The van der Waals surface area contributed by atoms with Crippen molar-refractivity contribution in [2.45, 2.75) is 17.8 Å². The van der Waals surface area contributed by atoms with E-state index in [0.717, 1.165) is 11.3 Å². The molecule has 1 aromatic heterocycles. The highest BCUT2D eigenvalue weighted by Crippen LogP contribution is 2.43. The fourth-order valence-corrected chi connectivity index (χ4v) is 3.38. The number of morpholine rings is 1. The van der Waals surface area contributed by atoms with Gasteiger partial charge in [-0.25, -0.2) is 0 Å². The fraction of sp³-hybridized carbons (Fsp3) is 0.636. The third kappa shape index (κ3) is 1.85. The third-order valence-corrected chi connectivity index (χ3v) is 4.45. The smallest absolute Gasteiger partial charge is 0.369 e. The zero-order valence-corrected chi connectivity index (χ0v) is 10.3. The molecule has 3 rings (SSSR count). The summed E-state index contributed by atoms with van der Waals surface area (Å²) in [6, 6.07) is 1.18. The molecule has 0 aliphatic carbocycles. The van der Waals surface area contributed by atoms with E-state index >= 15 is 0 Å². The summed E-state index contributed by atoms with van der Waals surface area (Å²) in [6.45, 7) is 2.32. The van der Waals surface area contributed by atoms with Gasteiger partial charge >= 0.3 is 6.18 Å². The lowest BCUT2D eigenvalue weighted by Crippen LogP contribution is -2.69. The number of hydrogen-bond donors (Lipinski definition) is 2. The first-order chi connectivity index (χ1) is 8.53. The van der Waals surface area contributed by atoms with Gasteiger partial charge in [0.25, 0.3) is 0 Å². The van der Waals surface area contributed by atoms with Crippen LogP contribution >= 0.6 is 11.3 Å². The van der Waals surface area contributed by atoms with Crippen LogP contribution in [0.1, 0.15) is 16.5 Å². The van der Waals surface area contributed by atoms with Crippen LogP contribution in [-0.4, -0.2) is 31.8 Å². The second-order valence-corrected chi connectivity index (χ2v) is 5.52. The largest absolute Gasteiger partial charge is 0.425 e. The van der Waals surface area contributed by atoms with Gasteiger partial charge in [-0.05, 0) is 17.0 Å². The van der Waals surface area contributed by atoms with Gasteiger partial charge in [0.05, 0.1) is 12.6 Å². The molecule has 2 fully saturated rings. The Balaban J connectivity index is 1.96. The molecule has 100 valence electrons. The first-order valence-electron chi connectivity index (χ1n) is 5.76. The van der Waals surface area contributed by atoms with Crippen molar-refractivity contribution in [3.63, 3.8) is 0 Å². The molecule has 3 nitrogen and oxygen atoms in total. The van der Waals surface area contributed by atoms with E-state index in [9.17, 15) is 13.2 Å². The summed E-state index contributed by atoms with van der Waals surface area (Å²) in [5.74, 6) is 0. The highest BCUT2D eigenvalue weighted by Gasteiger charge is 2.50. The van der Waals surface area contributed by atoms with Crippen molar-refractivity contribution in [3.8, 4) is 0 Å². The van der Waals surface area contributed by atoms with Crippen LogP contribution in [0.2, 0.25) is 0 Å². The van der Waals surface area contributed by atoms with Crippen molar-refractivity contribution in [1.82, 2.24) is 10.6 Å². The lowest BCUT2D eigenvalue weighted by molar-refractivity contribution is -0.143. The summed E-state index contributed by atoms with van der Waals surface area (Å²) in [4.78, 5) is -0.517. The topological polar surface area (TPSA) is 33.3 Å². The maximum Gasteiger partial charge on any atom is 0.425 e. The summed E-state index contributed by atoms with van der Waals surface area (Å²) in [6.07, 6.45) is -4.29. The van der Waals surface area contributed by atoms with Crippen LogP contribution in [0.25, 0.3) is 0 Å². The van der Waals surface area contributed by atoms with Gasteiger partial charge in [-0.15, -0.1) is 11.3 Å². The van der Waals surface area contributed by atoms with Gasteiger partial charge in [0.1, 0.15) is 10.5 Å². The highest BCUT2D eigenvalue weighted by atomic mass is 32.1. The molecule has 7 heteroatoms. The molecule has 0 saturated carbocycles. The molecule has 0 amide bonds. The number of rotatable bonds is 1. The summed E-state index contributed by atoms with van der Waals surface area (Å²) in [7, 11) is 0. The van der Waals surface area contributed by atoms with E-state index in [1.165, 1.54) is 5.38 Å². The molecule has 1 unspecified atom stereocenters. The van der Waals surface area contributed by atoms with Gasteiger partial charge in [0.15, 0.2) is 0 Å². The lowest BCUT2D eigenvalue weighted by atomic mass is 9.82. The predicted octanol–water partition coefficient (Wildman–Crippen LogP) is 1.77. The van der Waals surface area contributed by atoms with Crippen LogP contribution < -0.4 is 10.6 Å². The number of thiophene rings is 1. The second-order valence-electron chi connectivity index (χ2n) is 4.61. The van der Waals surface area contributed by atoms with E-state index in [0.29, 0.717) is 31.8 Å². The highest BCUT2D eigenvalue weighted by molar-refractivity contribution is 7.10. The van der Waals surface area contributed by atoms with Crippen molar-refractivity contribution in [2.75, 3.05) is 26.2 Å². The van der Waals surface area contributed by atoms with Crippen molar-refractivity contribution in [1.29, 1.82) is 0 Å². The van der Waals surface area contributed by atoms with E-state index < -0.39 is 16.7 Å². The maximum absolute atomic E-state index is 12.9. The number of halogens is 3. The summed E-state index contributed by atoms with van der Waals surface area (Å²) in [5, 5.41) is 7.74. The Morgan fingerprint density at radius 1 is 1.39 bits per heavy atom. The molecule has 2 N–H and O–H groups in total. The SMILES string of the molecule is FC(F)(F)c1sccc1C1NCCOC12CNC2. The van der Waals surface area contributed by atoms with Crippen LogP contribution in [0.5, 0.6) is 0 Å². The maximum atomic E-state index is 12.9. The van der Waals surface area contributed by atoms with E-state index in [1.54, 1.807) is 6.07 Å². The Labute approximate surface area is 106 Å². The molecule has 0 radical (unpaired) electrons. The van der Waals surface area contributed by atoms with Gasteiger partial charge in [0.2, 0.25) is 0 Å². The van der Waals surface area contributed by atoms with E-state index in [4.69, 9.17) is 4.74 Å². The number of alkyl halides is 3. The Morgan fingerprint density at radius 2 is 2.17 bits per heavy atom. The van der Waals surface area contributed by atoms with E-state index in [1.807, 2.05) is 0 Å². The van der Waals surface area contributed by atoms with Gasteiger partial charge in [-0.2, -0.15) is 13.2 Å². The quantitative estimate of drug-likeness (QED) is 0.821. The zero-order chi connectivity index (χ0) is 12.8.